The minimum absolute atomic E-state index is 0.0209. The summed E-state index contributed by atoms with van der Waals surface area (Å²) in [4.78, 5) is 56.3. The quantitative estimate of drug-likeness (QED) is 0.207. The predicted molar refractivity (Wildman–Crippen MR) is 186 cm³/mol. The number of rotatable bonds is 15. The standard InChI is InChI=1S/C38H56N4O4/c1-5-6-7-8-9-10-11-12-13-14-23-39-34(43)28-41-24-15-16-25-42(29-35(44)40-38(2,3)4)37(46)33-22-18-20-31(27-33)30-19-17-21-32(26-30)36(41)45/h17-22,26-27H,5-16,23-25,28-29H2,1-4H3,(H,39,43)(H,40,44). The van der Waals surface area contributed by atoms with Crippen LogP contribution in [-0.2, 0) is 9.59 Å². The summed E-state index contributed by atoms with van der Waals surface area (Å²) in [6.45, 7) is 9.23. The topological polar surface area (TPSA) is 98.8 Å². The van der Waals surface area contributed by atoms with Gasteiger partial charge in [-0.2, -0.15) is 0 Å². The molecule has 8 heteroatoms. The summed E-state index contributed by atoms with van der Waals surface area (Å²) in [5.74, 6) is -0.786. The van der Waals surface area contributed by atoms with E-state index in [0.717, 1.165) is 24.0 Å². The molecule has 252 valence electrons. The third-order valence-corrected chi connectivity index (χ3v) is 8.27. The maximum absolute atomic E-state index is 13.7. The van der Waals surface area contributed by atoms with E-state index in [4.69, 9.17) is 0 Å². The number of amides is 4. The van der Waals surface area contributed by atoms with E-state index in [1.165, 1.54) is 51.4 Å². The summed E-state index contributed by atoms with van der Waals surface area (Å²) >= 11 is 0. The molecule has 0 unspecified atom stereocenters. The second kappa shape index (κ2) is 19.1. The second-order valence-electron chi connectivity index (χ2n) is 13.7. The summed E-state index contributed by atoms with van der Waals surface area (Å²) in [5, 5.41) is 5.96. The lowest BCUT2D eigenvalue weighted by Gasteiger charge is -2.27. The summed E-state index contributed by atoms with van der Waals surface area (Å²) in [6, 6.07) is 14.6. The third kappa shape index (κ3) is 13.0. The van der Waals surface area contributed by atoms with E-state index in [0.29, 0.717) is 43.6 Å². The molecule has 0 atom stereocenters. The van der Waals surface area contributed by atoms with Gasteiger partial charge >= 0.3 is 0 Å². The molecule has 2 aromatic rings. The first-order valence-electron chi connectivity index (χ1n) is 17.4. The second-order valence-corrected chi connectivity index (χ2v) is 13.7. The van der Waals surface area contributed by atoms with Gasteiger partial charge in [0.05, 0.1) is 13.1 Å². The lowest BCUT2D eigenvalue weighted by atomic mass is 9.99. The van der Waals surface area contributed by atoms with Crippen LogP contribution in [-0.4, -0.2) is 71.7 Å². The minimum atomic E-state index is -0.414. The molecular weight excluding hydrogens is 576 g/mol. The molecule has 1 aliphatic rings. The molecule has 0 saturated carbocycles. The van der Waals surface area contributed by atoms with Crippen molar-refractivity contribution in [3.05, 3.63) is 59.7 Å². The lowest BCUT2D eigenvalue weighted by Crippen LogP contribution is -2.47. The van der Waals surface area contributed by atoms with Crippen LogP contribution in [0.25, 0.3) is 11.1 Å². The van der Waals surface area contributed by atoms with Gasteiger partial charge in [-0.3, -0.25) is 19.2 Å². The Morgan fingerprint density at radius 3 is 1.57 bits per heavy atom. The molecule has 0 fully saturated rings. The normalized spacial score (nSPS) is 14.2. The van der Waals surface area contributed by atoms with Crippen molar-refractivity contribution in [2.75, 3.05) is 32.7 Å². The number of carbonyl (C=O) groups excluding carboxylic acids is 4. The number of hydrogen-bond donors (Lipinski definition) is 2. The summed E-state index contributed by atoms with van der Waals surface area (Å²) in [5.41, 5.74) is 2.20. The van der Waals surface area contributed by atoms with Crippen LogP contribution in [0.2, 0.25) is 0 Å². The Labute approximate surface area is 276 Å². The van der Waals surface area contributed by atoms with Crippen LogP contribution in [0.4, 0.5) is 0 Å². The van der Waals surface area contributed by atoms with Crippen molar-refractivity contribution in [1.82, 2.24) is 20.4 Å². The monoisotopic (exact) mass is 632 g/mol. The van der Waals surface area contributed by atoms with Crippen LogP contribution in [0.3, 0.4) is 0 Å². The van der Waals surface area contributed by atoms with E-state index in [1.54, 1.807) is 21.9 Å². The molecule has 1 aliphatic heterocycles. The maximum atomic E-state index is 13.7. The van der Waals surface area contributed by atoms with E-state index in [2.05, 4.69) is 17.6 Å². The van der Waals surface area contributed by atoms with Gasteiger partial charge in [-0.05, 0) is 75.4 Å². The average Bonchev–Trinajstić information content (AvgIpc) is 3.02. The Balaban J connectivity index is 1.64. The van der Waals surface area contributed by atoms with E-state index in [1.807, 2.05) is 57.2 Å². The highest BCUT2D eigenvalue weighted by Crippen LogP contribution is 2.24. The van der Waals surface area contributed by atoms with Crippen molar-refractivity contribution in [2.45, 2.75) is 110 Å². The zero-order chi connectivity index (χ0) is 33.4. The fourth-order valence-electron chi connectivity index (χ4n) is 5.84. The van der Waals surface area contributed by atoms with Gasteiger partial charge < -0.3 is 20.4 Å². The molecule has 3 rings (SSSR count). The number of nitrogens with one attached hydrogen (secondary N) is 2. The predicted octanol–water partition coefficient (Wildman–Crippen LogP) is 6.98. The Bertz CT molecular complexity index is 1290. The molecule has 2 N–H and O–H groups in total. The van der Waals surface area contributed by atoms with Crippen molar-refractivity contribution < 1.29 is 19.2 Å². The Morgan fingerprint density at radius 1 is 0.652 bits per heavy atom. The molecule has 0 aliphatic carbocycles. The molecule has 0 spiro atoms. The van der Waals surface area contributed by atoms with Gasteiger partial charge in [-0.1, -0.05) is 89.0 Å². The van der Waals surface area contributed by atoms with Crippen LogP contribution >= 0.6 is 0 Å². The van der Waals surface area contributed by atoms with E-state index in [9.17, 15) is 19.2 Å². The molecule has 2 aromatic carbocycles. The molecule has 46 heavy (non-hydrogen) atoms. The SMILES string of the molecule is CCCCCCCCCCCCNC(=O)CN1CCCCN(CC(=O)NC(C)(C)C)C(=O)c2cccc(c2)-c2cccc(c2)C1=O. The molecule has 0 saturated heterocycles. The van der Waals surface area contributed by atoms with Gasteiger partial charge in [0.15, 0.2) is 0 Å². The van der Waals surface area contributed by atoms with Crippen molar-refractivity contribution in [1.29, 1.82) is 0 Å². The number of fused-ring (bicyclic) bond motifs is 5. The molecule has 4 bridgehead atoms. The summed E-state index contributed by atoms with van der Waals surface area (Å²) in [6.07, 6.45) is 13.5. The number of carbonyl (C=O) groups is 4. The van der Waals surface area contributed by atoms with Gasteiger partial charge in [0, 0.05) is 36.3 Å². The number of hydrogen-bond acceptors (Lipinski definition) is 4. The minimum Gasteiger partial charge on any atom is -0.355 e. The first-order valence-corrected chi connectivity index (χ1v) is 17.4. The summed E-state index contributed by atoms with van der Waals surface area (Å²) < 4.78 is 0. The fourth-order valence-corrected chi connectivity index (χ4v) is 5.84. The molecule has 1 heterocycles. The van der Waals surface area contributed by atoms with Crippen LogP contribution in [0.1, 0.15) is 125 Å². The van der Waals surface area contributed by atoms with Gasteiger partial charge in [0.2, 0.25) is 11.8 Å². The summed E-state index contributed by atoms with van der Waals surface area (Å²) in [7, 11) is 0. The molecule has 4 amide bonds. The van der Waals surface area contributed by atoms with Crippen molar-refractivity contribution in [3.63, 3.8) is 0 Å². The van der Waals surface area contributed by atoms with Gasteiger partial charge in [0.1, 0.15) is 0 Å². The van der Waals surface area contributed by atoms with Crippen LogP contribution in [0.5, 0.6) is 0 Å². The van der Waals surface area contributed by atoms with E-state index in [-0.39, 0.29) is 36.7 Å². The van der Waals surface area contributed by atoms with Crippen molar-refractivity contribution in [3.8, 4) is 11.1 Å². The van der Waals surface area contributed by atoms with Crippen LogP contribution in [0.15, 0.2) is 48.5 Å². The highest BCUT2D eigenvalue weighted by molar-refractivity contribution is 5.99. The first kappa shape index (κ1) is 36.8. The first-order chi connectivity index (χ1) is 22.1. The fraction of sp³-hybridized carbons (Fsp3) is 0.579. The Hall–Kier alpha value is -3.68. The number of nitrogens with zero attached hydrogens (tertiary/aromatic N) is 2. The van der Waals surface area contributed by atoms with E-state index >= 15 is 0 Å². The zero-order valence-electron chi connectivity index (χ0n) is 28.7. The molecular formula is C38H56N4O4. The maximum Gasteiger partial charge on any atom is 0.254 e. The van der Waals surface area contributed by atoms with E-state index < -0.39 is 5.54 Å². The lowest BCUT2D eigenvalue weighted by molar-refractivity contribution is -0.123. The smallest absolute Gasteiger partial charge is 0.254 e. The largest absolute Gasteiger partial charge is 0.355 e. The van der Waals surface area contributed by atoms with Gasteiger partial charge in [0.25, 0.3) is 11.8 Å². The van der Waals surface area contributed by atoms with Crippen LogP contribution < -0.4 is 10.6 Å². The zero-order valence-corrected chi connectivity index (χ0v) is 28.7. The van der Waals surface area contributed by atoms with Crippen molar-refractivity contribution in [2.24, 2.45) is 0 Å². The highest BCUT2D eigenvalue weighted by Gasteiger charge is 2.24. The molecule has 8 nitrogen and oxygen atoms in total. The number of benzene rings is 2. The third-order valence-electron chi connectivity index (χ3n) is 8.27. The number of unbranched alkanes of at least 4 members (excludes halogenated alkanes) is 9. The van der Waals surface area contributed by atoms with Gasteiger partial charge in [-0.15, -0.1) is 0 Å². The van der Waals surface area contributed by atoms with Crippen molar-refractivity contribution >= 4 is 23.6 Å². The molecule has 0 aromatic heterocycles. The Kier molecular flexibility index (Phi) is 15.3. The Morgan fingerprint density at radius 2 is 1.09 bits per heavy atom. The van der Waals surface area contributed by atoms with Gasteiger partial charge in [-0.25, -0.2) is 0 Å². The highest BCUT2D eigenvalue weighted by atomic mass is 16.2. The average molecular weight is 633 g/mol. The van der Waals surface area contributed by atoms with Crippen LogP contribution in [0, 0.1) is 0 Å². The molecule has 0 radical (unpaired) electrons.